The smallest absolute Gasteiger partial charge is 0.253 e. The van der Waals surface area contributed by atoms with Gasteiger partial charge in [0.2, 0.25) is 5.91 Å². The molecular formula is C25H33N3O2. The van der Waals surface area contributed by atoms with Gasteiger partial charge in [0.15, 0.2) is 0 Å². The van der Waals surface area contributed by atoms with Gasteiger partial charge in [-0.3, -0.25) is 14.5 Å². The quantitative estimate of drug-likeness (QED) is 0.829. The number of nitrogens with zero attached hydrogens (tertiary/aromatic N) is 2. The van der Waals surface area contributed by atoms with E-state index >= 15 is 0 Å². The summed E-state index contributed by atoms with van der Waals surface area (Å²) in [6.07, 6.45) is 0.885. The summed E-state index contributed by atoms with van der Waals surface area (Å²) in [5.41, 5.74) is 3.19. The van der Waals surface area contributed by atoms with Crippen molar-refractivity contribution in [2.45, 2.75) is 38.6 Å². The molecule has 1 unspecified atom stereocenters. The number of amides is 2. The summed E-state index contributed by atoms with van der Waals surface area (Å²) in [6.45, 7) is 9.00. The zero-order chi connectivity index (χ0) is 21.7. The second-order valence-electron chi connectivity index (χ2n) is 8.98. The van der Waals surface area contributed by atoms with E-state index in [0.29, 0.717) is 25.2 Å². The molecule has 160 valence electrons. The van der Waals surface area contributed by atoms with Gasteiger partial charge in [-0.1, -0.05) is 63.2 Å². The Morgan fingerprint density at radius 2 is 1.67 bits per heavy atom. The van der Waals surface area contributed by atoms with Crippen LogP contribution in [0.2, 0.25) is 0 Å². The Hall–Kier alpha value is -2.66. The van der Waals surface area contributed by atoms with E-state index in [2.05, 4.69) is 43.1 Å². The highest BCUT2D eigenvalue weighted by molar-refractivity contribution is 5.95. The number of likely N-dealkylation sites (N-methyl/N-ethyl adjacent to an activating group) is 1. The Bertz CT molecular complexity index is 856. The standard InChI is InChI=1S/C25H33N3O2/c1-25(2,3)21-12-10-20(11-13-21)24(30)28-17-16-27(22(18-28)23(29)26-4)15-14-19-8-6-5-7-9-19/h5-13,22H,14-18H2,1-4H3,(H,26,29). The minimum atomic E-state index is -0.328. The summed E-state index contributed by atoms with van der Waals surface area (Å²) in [5, 5.41) is 2.77. The van der Waals surface area contributed by atoms with Crippen LogP contribution in [0, 0.1) is 0 Å². The molecule has 0 saturated carbocycles. The average molecular weight is 408 g/mol. The van der Waals surface area contributed by atoms with Crippen molar-refractivity contribution in [3.63, 3.8) is 0 Å². The lowest BCUT2D eigenvalue weighted by molar-refractivity contribution is -0.127. The number of carbonyl (C=O) groups is 2. The number of piperazine rings is 1. The lowest BCUT2D eigenvalue weighted by atomic mass is 9.86. The molecule has 0 aromatic heterocycles. The summed E-state index contributed by atoms with van der Waals surface area (Å²) in [7, 11) is 1.66. The van der Waals surface area contributed by atoms with Crippen molar-refractivity contribution in [2.24, 2.45) is 0 Å². The van der Waals surface area contributed by atoms with E-state index in [9.17, 15) is 9.59 Å². The van der Waals surface area contributed by atoms with Crippen LogP contribution in [0.15, 0.2) is 54.6 Å². The molecule has 1 N–H and O–H groups in total. The van der Waals surface area contributed by atoms with Crippen LogP contribution in [0.25, 0.3) is 0 Å². The van der Waals surface area contributed by atoms with Crippen molar-refractivity contribution in [1.82, 2.24) is 15.1 Å². The first-order valence-corrected chi connectivity index (χ1v) is 10.7. The van der Waals surface area contributed by atoms with E-state index < -0.39 is 0 Å². The van der Waals surface area contributed by atoms with E-state index in [-0.39, 0.29) is 23.3 Å². The molecule has 3 rings (SSSR count). The summed E-state index contributed by atoms with van der Waals surface area (Å²) in [5.74, 6) is -0.0456. The van der Waals surface area contributed by atoms with Crippen LogP contribution < -0.4 is 5.32 Å². The normalized spacial score (nSPS) is 17.6. The van der Waals surface area contributed by atoms with Crippen LogP contribution in [0.1, 0.15) is 42.3 Å². The van der Waals surface area contributed by atoms with Gasteiger partial charge >= 0.3 is 0 Å². The molecule has 1 atom stereocenters. The number of rotatable bonds is 5. The number of carbonyl (C=O) groups excluding carboxylic acids is 2. The number of hydrogen-bond acceptors (Lipinski definition) is 3. The average Bonchev–Trinajstić information content (AvgIpc) is 2.76. The topological polar surface area (TPSA) is 52.7 Å². The van der Waals surface area contributed by atoms with Gasteiger partial charge in [0.1, 0.15) is 6.04 Å². The maximum Gasteiger partial charge on any atom is 0.253 e. The molecule has 5 heteroatoms. The van der Waals surface area contributed by atoms with E-state index in [0.717, 1.165) is 13.0 Å². The van der Waals surface area contributed by atoms with Crippen molar-refractivity contribution in [1.29, 1.82) is 0 Å². The Kier molecular flexibility index (Phi) is 6.93. The second kappa shape index (κ2) is 9.43. The van der Waals surface area contributed by atoms with Crippen LogP contribution in [-0.4, -0.2) is 60.9 Å². The number of benzene rings is 2. The summed E-state index contributed by atoms with van der Waals surface area (Å²) in [6, 6.07) is 17.8. The third-order valence-electron chi connectivity index (χ3n) is 5.86. The molecular weight excluding hydrogens is 374 g/mol. The van der Waals surface area contributed by atoms with Gasteiger partial charge in [-0.05, 0) is 35.1 Å². The van der Waals surface area contributed by atoms with Gasteiger partial charge in [-0.15, -0.1) is 0 Å². The van der Waals surface area contributed by atoms with Crippen LogP contribution >= 0.6 is 0 Å². The zero-order valence-electron chi connectivity index (χ0n) is 18.5. The third-order valence-corrected chi connectivity index (χ3v) is 5.86. The number of nitrogens with one attached hydrogen (secondary N) is 1. The molecule has 1 saturated heterocycles. The highest BCUT2D eigenvalue weighted by Gasteiger charge is 2.34. The second-order valence-corrected chi connectivity index (χ2v) is 8.98. The lowest BCUT2D eigenvalue weighted by Gasteiger charge is -2.40. The van der Waals surface area contributed by atoms with E-state index in [4.69, 9.17) is 0 Å². The predicted octanol–water partition coefficient (Wildman–Crippen LogP) is 3.10. The number of hydrogen-bond donors (Lipinski definition) is 1. The van der Waals surface area contributed by atoms with Gasteiger partial charge in [-0.25, -0.2) is 0 Å². The molecule has 0 bridgehead atoms. The van der Waals surface area contributed by atoms with E-state index in [1.165, 1.54) is 11.1 Å². The Morgan fingerprint density at radius 3 is 2.27 bits per heavy atom. The van der Waals surface area contributed by atoms with Crippen LogP contribution in [0.4, 0.5) is 0 Å². The summed E-state index contributed by atoms with van der Waals surface area (Å²) >= 11 is 0. The van der Waals surface area contributed by atoms with Gasteiger partial charge in [0.25, 0.3) is 5.91 Å². The van der Waals surface area contributed by atoms with Gasteiger partial charge < -0.3 is 10.2 Å². The molecule has 2 aromatic carbocycles. The maximum absolute atomic E-state index is 13.1. The SMILES string of the molecule is CNC(=O)C1CN(C(=O)c2ccc(C(C)(C)C)cc2)CCN1CCc1ccccc1. The highest BCUT2D eigenvalue weighted by Crippen LogP contribution is 2.23. The molecule has 1 aliphatic heterocycles. The first-order valence-electron chi connectivity index (χ1n) is 10.7. The van der Waals surface area contributed by atoms with Gasteiger partial charge in [0, 0.05) is 38.8 Å². The first-order chi connectivity index (χ1) is 14.3. The Labute approximate surface area is 180 Å². The molecule has 0 aliphatic carbocycles. The highest BCUT2D eigenvalue weighted by atomic mass is 16.2. The van der Waals surface area contributed by atoms with Gasteiger partial charge in [0.05, 0.1) is 0 Å². The van der Waals surface area contributed by atoms with Crippen molar-refractivity contribution >= 4 is 11.8 Å². The molecule has 30 heavy (non-hydrogen) atoms. The monoisotopic (exact) mass is 407 g/mol. The Morgan fingerprint density at radius 1 is 1.00 bits per heavy atom. The molecule has 1 aliphatic rings. The molecule has 0 spiro atoms. The lowest BCUT2D eigenvalue weighted by Crippen LogP contribution is -2.60. The molecule has 0 radical (unpaired) electrons. The minimum absolute atomic E-state index is 0.00734. The molecule has 1 heterocycles. The van der Waals surface area contributed by atoms with Crippen molar-refractivity contribution < 1.29 is 9.59 Å². The fraction of sp³-hybridized carbons (Fsp3) is 0.440. The van der Waals surface area contributed by atoms with Crippen LogP contribution in [0.5, 0.6) is 0 Å². The molecule has 5 nitrogen and oxygen atoms in total. The van der Waals surface area contributed by atoms with E-state index in [1.54, 1.807) is 7.05 Å². The molecule has 1 fully saturated rings. The summed E-state index contributed by atoms with van der Waals surface area (Å²) < 4.78 is 0. The third kappa shape index (κ3) is 5.28. The van der Waals surface area contributed by atoms with Gasteiger partial charge in [-0.2, -0.15) is 0 Å². The molecule has 2 amide bonds. The van der Waals surface area contributed by atoms with Crippen LogP contribution in [0.3, 0.4) is 0 Å². The molecule has 2 aromatic rings. The largest absolute Gasteiger partial charge is 0.358 e. The minimum Gasteiger partial charge on any atom is -0.358 e. The summed E-state index contributed by atoms with van der Waals surface area (Å²) in [4.78, 5) is 29.6. The fourth-order valence-electron chi connectivity index (χ4n) is 3.90. The van der Waals surface area contributed by atoms with Crippen molar-refractivity contribution in [3.8, 4) is 0 Å². The maximum atomic E-state index is 13.1. The fourth-order valence-corrected chi connectivity index (χ4v) is 3.90. The predicted molar refractivity (Wildman–Crippen MR) is 121 cm³/mol. The van der Waals surface area contributed by atoms with Crippen LogP contribution in [-0.2, 0) is 16.6 Å². The van der Waals surface area contributed by atoms with Crippen molar-refractivity contribution in [3.05, 3.63) is 71.3 Å². The van der Waals surface area contributed by atoms with E-state index in [1.807, 2.05) is 47.4 Å². The van der Waals surface area contributed by atoms with Crippen molar-refractivity contribution in [2.75, 3.05) is 33.2 Å². The zero-order valence-corrected chi connectivity index (χ0v) is 18.5. The Balaban J connectivity index is 1.68. The first kappa shape index (κ1) is 22.0.